The van der Waals surface area contributed by atoms with Crippen LogP contribution in [0.3, 0.4) is 0 Å². The zero-order chi connectivity index (χ0) is 19.8. The zero-order valence-electron chi connectivity index (χ0n) is 17.3. The van der Waals surface area contributed by atoms with Crippen molar-refractivity contribution in [1.29, 1.82) is 0 Å². The van der Waals surface area contributed by atoms with Gasteiger partial charge in [0.15, 0.2) is 5.96 Å². The summed E-state index contributed by atoms with van der Waals surface area (Å²) < 4.78 is 11.0. The zero-order valence-corrected chi connectivity index (χ0v) is 18.1. The van der Waals surface area contributed by atoms with Gasteiger partial charge in [0.2, 0.25) is 0 Å². The number of guanidine groups is 1. The van der Waals surface area contributed by atoms with E-state index in [-0.39, 0.29) is 4.75 Å². The predicted octanol–water partition coefficient (Wildman–Crippen LogP) is 2.37. The predicted molar refractivity (Wildman–Crippen MR) is 109 cm³/mol. The van der Waals surface area contributed by atoms with E-state index in [0.717, 1.165) is 38.6 Å². The number of thioether (sulfide) groups is 1. The molecule has 1 aliphatic heterocycles. The molecule has 0 aromatic carbocycles. The average molecular weight is 389 g/mol. The standard InChI is InChI=1S/C18H36N4O3S/c1-16(2,3)25-15(23)22-17(4,5)12-20-14(19-6)21-13-18(26-7)8-10-24-11-9-18/h8-13H2,1-7H3,(H,22,23)(H2,19,20,21). The third-order valence-electron chi connectivity index (χ3n) is 4.18. The monoisotopic (exact) mass is 388 g/mol. The summed E-state index contributed by atoms with van der Waals surface area (Å²) in [6.45, 7) is 12.4. The van der Waals surface area contributed by atoms with Gasteiger partial charge < -0.3 is 25.4 Å². The summed E-state index contributed by atoms with van der Waals surface area (Å²) in [5.74, 6) is 0.726. The molecule has 1 amide bonds. The van der Waals surface area contributed by atoms with E-state index < -0.39 is 17.2 Å². The molecule has 0 unspecified atom stereocenters. The van der Waals surface area contributed by atoms with Gasteiger partial charge in [-0.15, -0.1) is 0 Å². The minimum absolute atomic E-state index is 0.181. The summed E-state index contributed by atoms with van der Waals surface area (Å²) >= 11 is 1.88. The van der Waals surface area contributed by atoms with Gasteiger partial charge in [0, 0.05) is 38.1 Å². The van der Waals surface area contributed by atoms with Crippen LogP contribution in [0.5, 0.6) is 0 Å². The summed E-state index contributed by atoms with van der Waals surface area (Å²) in [6.07, 6.45) is 3.79. The number of nitrogens with one attached hydrogen (secondary N) is 3. The lowest BCUT2D eigenvalue weighted by Crippen LogP contribution is -2.55. The second kappa shape index (κ2) is 9.69. The van der Waals surface area contributed by atoms with Gasteiger partial charge in [0.1, 0.15) is 5.60 Å². The number of hydrogen-bond acceptors (Lipinski definition) is 5. The maximum Gasteiger partial charge on any atom is 0.408 e. The first-order chi connectivity index (χ1) is 12.0. The van der Waals surface area contributed by atoms with Gasteiger partial charge in [-0.05, 0) is 53.7 Å². The maximum atomic E-state index is 12.0. The first kappa shape index (κ1) is 22.9. The molecular formula is C18H36N4O3S. The first-order valence-corrected chi connectivity index (χ1v) is 10.3. The molecule has 0 atom stereocenters. The highest BCUT2D eigenvalue weighted by atomic mass is 32.2. The van der Waals surface area contributed by atoms with Gasteiger partial charge in [-0.2, -0.15) is 11.8 Å². The Balaban J connectivity index is 2.48. The topological polar surface area (TPSA) is 84.0 Å². The molecule has 1 aliphatic rings. The number of carbonyl (C=O) groups is 1. The molecule has 3 N–H and O–H groups in total. The molecule has 0 aromatic heterocycles. The smallest absolute Gasteiger partial charge is 0.408 e. The Labute approximate surface area is 162 Å². The second-order valence-corrected chi connectivity index (χ2v) is 9.56. The Bertz CT molecular complexity index is 483. The Morgan fingerprint density at radius 1 is 1.19 bits per heavy atom. The minimum atomic E-state index is -0.513. The molecule has 0 aliphatic carbocycles. The summed E-state index contributed by atoms with van der Waals surface area (Å²) in [6, 6.07) is 0. The molecule has 1 saturated heterocycles. The van der Waals surface area contributed by atoms with Crippen LogP contribution in [-0.2, 0) is 9.47 Å². The van der Waals surface area contributed by atoms with Crippen molar-refractivity contribution >= 4 is 23.8 Å². The van der Waals surface area contributed by atoms with Crippen LogP contribution >= 0.6 is 11.8 Å². The van der Waals surface area contributed by atoms with E-state index in [1.165, 1.54) is 0 Å². The van der Waals surface area contributed by atoms with Crippen molar-refractivity contribution in [2.75, 3.05) is 39.6 Å². The molecule has 152 valence electrons. The molecule has 0 saturated carbocycles. The van der Waals surface area contributed by atoms with E-state index in [0.29, 0.717) is 6.54 Å². The van der Waals surface area contributed by atoms with Gasteiger partial charge in [-0.3, -0.25) is 4.99 Å². The van der Waals surface area contributed by atoms with Crippen LogP contribution in [0.25, 0.3) is 0 Å². The molecule has 0 aromatic rings. The summed E-state index contributed by atoms with van der Waals surface area (Å²) in [4.78, 5) is 16.3. The Morgan fingerprint density at radius 2 is 1.81 bits per heavy atom. The maximum absolute atomic E-state index is 12.0. The number of alkyl carbamates (subject to hydrolysis) is 1. The van der Waals surface area contributed by atoms with Crippen LogP contribution in [-0.4, -0.2) is 67.5 Å². The van der Waals surface area contributed by atoms with Crippen molar-refractivity contribution in [1.82, 2.24) is 16.0 Å². The van der Waals surface area contributed by atoms with Crippen molar-refractivity contribution in [2.24, 2.45) is 4.99 Å². The van der Waals surface area contributed by atoms with Crippen LogP contribution in [0, 0.1) is 0 Å². The van der Waals surface area contributed by atoms with Gasteiger partial charge in [-0.1, -0.05) is 0 Å². The van der Waals surface area contributed by atoms with Gasteiger partial charge in [0.25, 0.3) is 0 Å². The molecule has 1 fully saturated rings. The number of amides is 1. The second-order valence-electron chi connectivity index (χ2n) is 8.29. The van der Waals surface area contributed by atoms with E-state index in [1.54, 1.807) is 7.05 Å². The van der Waals surface area contributed by atoms with Crippen LogP contribution in [0.15, 0.2) is 4.99 Å². The fourth-order valence-corrected chi connectivity index (χ4v) is 3.38. The van der Waals surface area contributed by atoms with E-state index in [4.69, 9.17) is 9.47 Å². The Morgan fingerprint density at radius 3 is 2.31 bits per heavy atom. The Kier molecular flexibility index (Phi) is 8.53. The molecule has 0 bridgehead atoms. The van der Waals surface area contributed by atoms with Crippen LogP contribution in [0.2, 0.25) is 0 Å². The normalized spacial score (nSPS) is 18.2. The first-order valence-electron chi connectivity index (χ1n) is 9.09. The van der Waals surface area contributed by atoms with Crippen LogP contribution < -0.4 is 16.0 Å². The summed E-state index contributed by atoms with van der Waals surface area (Å²) in [5.41, 5.74) is -0.989. The van der Waals surface area contributed by atoms with Crippen LogP contribution in [0.1, 0.15) is 47.5 Å². The fraction of sp³-hybridized carbons (Fsp3) is 0.889. The van der Waals surface area contributed by atoms with Crippen LogP contribution in [0.4, 0.5) is 4.79 Å². The van der Waals surface area contributed by atoms with E-state index in [9.17, 15) is 4.79 Å². The molecule has 0 radical (unpaired) electrons. The lowest BCUT2D eigenvalue weighted by atomic mass is 9.99. The molecule has 1 heterocycles. The van der Waals surface area contributed by atoms with Crippen molar-refractivity contribution in [3.63, 3.8) is 0 Å². The number of hydrogen-bond donors (Lipinski definition) is 3. The fourth-order valence-electron chi connectivity index (χ4n) is 2.59. The molecular weight excluding hydrogens is 352 g/mol. The van der Waals surface area contributed by atoms with Crippen molar-refractivity contribution in [3.8, 4) is 0 Å². The third kappa shape index (κ3) is 8.49. The molecule has 8 heteroatoms. The minimum Gasteiger partial charge on any atom is -0.444 e. The molecule has 1 rings (SSSR count). The van der Waals surface area contributed by atoms with E-state index in [1.807, 2.05) is 46.4 Å². The number of rotatable bonds is 6. The van der Waals surface area contributed by atoms with Gasteiger partial charge >= 0.3 is 6.09 Å². The van der Waals surface area contributed by atoms with Crippen molar-refractivity contribution in [2.45, 2.75) is 63.3 Å². The summed E-state index contributed by atoms with van der Waals surface area (Å²) in [5, 5.41) is 9.59. The highest BCUT2D eigenvalue weighted by molar-refractivity contribution is 8.00. The van der Waals surface area contributed by atoms with E-state index >= 15 is 0 Å². The number of nitrogens with zero attached hydrogens (tertiary/aromatic N) is 1. The molecule has 0 spiro atoms. The van der Waals surface area contributed by atoms with Crippen molar-refractivity contribution in [3.05, 3.63) is 0 Å². The quantitative estimate of drug-likeness (QED) is 0.479. The number of aliphatic imine (C=N–C) groups is 1. The SMILES string of the molecule is CN=C(NCC(C)(C)NC(=O)OC(C)(C)C)NCC1(SC)CCOCC1. The molecule has 7 nitrogen and oxygen atoms in total. The highest BCUT2D eigenvalue weighted by Gasteiger charge is 2.32. The van der Waals surface area contributed by atoms with Crippen molar-refractivity contribution < 1.29 is 14.3 Å². The lowest BCUT2D eigenvalue weighted by Gasteiger charge is -2.36. The number of carbonyl (C=O) groups excluding carboxylic acids is 1. The average Bonchev–Trinajstić information content (AvgIpc) is 2.53. The lowest BCUT2D eigenvalue weighted by molar-refractivity contribution is 0.0474. The largest absolute Gasteiger partial charge is 0.444 e. The van der Waals surface area contributed by atoms with E-state index in [2.05, 4.69) is 27.2 Å². The summed E-state index contributed by atoms with van der Waals surface area (Å²) in [7, 11) is 1.75. The highest BCUT2D eigenvalue weighted by Crippen LogP contribution is 2.32. The molecule has 26 heavy (non-hydrogen) atoms. The Hall–Kier alpha value is -1.15. The van der Waals surface area contributed by atoms with Gasteiger partial charge in [-0.25, -0.2) is 4.79 Å². The third-order valence-corrected chi connectivity index (χ3v) is 5.59. The van der Waals surface area contributed by atoms with Gasteiger partial charge in [0.05, 0.1) is 5.54 Å². The number of ether oxygens (including phenoxy) is 2.